The zero-order chi connectivity index (χ0) is 16.5. The van der Waals surface area contributed by atoms with Gasteiger partial charge < -0.3 is 20.1 Å². The molecule has 1 aromatic carbocycles. The number of alkyl halides is 2. The summed E-state index contributed by atoms with van der Waals surface area (Å²) >= 11 is 0. The maximum absolute atomic E-state index is 14.2. The number of anilines is 2. The SMILES string of the molecule is O=C(Nc1ccccc1N1CCOCC1)C(F)(F)C1(O)CCC1. The molecule has 1 saturated heterocycles. The first-order valence-corrected chi connectivity index (χ1v) is 7.77. The monoisotopic (exact) mass is 326 g/mol. The molecular weight excluding hydrogens is 306 g/mol. The molecule has 1 aliphatic carbocycles. The number of carbonyl (C=O) groups excluding carboxylic acids is 1. The quantitative estimate of drug-likeness (QED) is 0.888. The molecule has 0 radical (unpaired) electrons. The van der Waals surface area contributed by atoms with E-state index in [4.69, 9.17) is 4.74 Å². The van der Waals surface area contributed by atoms with Gasteiger partial charge in [0.15, 0.2) is 0 Å². The summed E-state index contributed by atoms with van der Waals surface area (Å²) in [5.74, 6) is -5.26. The number of carbonyl (C=O) groups is 1. The van der Waals surface area contributed by atoms with Crippen LogP contribution in [0.15, 0.2) is 24.3 Å². The van der Waals surface area contributed by atoms with Gasteiger partial charge >= 0.3 is 5.92 Å². The molecule has 2 N–H and O–H groups in total. The fraction of sp³-hybridized carbons (Fsp3) is 0.562. The van der Waals surface area contributed by atoms with Crippen LogP contribution in [-0.2, 0) is 9.53 Å². The van der Waals surface area contributed by atoms with Gasteiger partial charge in [0, 0.05) is 13.1 Å². The lowest BCUT2D eigenvalue weighted by Gasteiger charge is -2.41. The van der Waals surface area contributed by atoms with Crippen molar-refractivity contribution in [3.05, 3.63) is 24.3 Å². The Morgan fingerprint density at radius 2 is 1.91 bits per heavy atom. The Hall–Kier alpha value is -1.73. The van der Waals surface area contributed by atoms with Crippen molar-refractivity contribution in [3.8, 4) is 0 Å². The maximum Gasteiger partial charge on any atom is 0.352 e. The standard InChI is InChI=1S/C16H20F2N2O3/c17-16(18,15(22)6-3-7-15)14(21)19-12-4-1-2-5-13(12)20-8-10-23-11-9-20/h1-2,4-5,22H,3,6-11H2,(H,19,21). The van der Waals surface area contributed by atoms with E-state index in [0.29, 0.717) is 44.1 Å². The van der Waals surface area contributed by atoms with Crippen molar-refractivity contribution in [2.45, 2.75) is 30.8 Å². The first-order chi connectivity index (χ1) is 10.9. The van der Waals surface area contributed by atoms with E-state index < -0.39 is 17.4 Å². The number of hydrogen-bond acceptors (Lipinski definition) is 4. The van der Waals surface area contributed by atoms with Gasteiger partial charge in [-0.1, -0.05) is 12.1 Å². The van der Waals surface area contributed by atoms with Crippen molar-refractivity contribution in [2.24, 2.45) is 0 Å². The van der Waals surface area contributed by atoms with E-state index in [1.165, 1.54) is 0 Å². The van der Waals surface area contributed by atoms with Crippen LogP contribution in [0.3, 0.4) is 0 Å². The molecular formula is C16H20F2N2O3. The number of hydrogen-bond donors (Lipinski definition) is 2. The highest BCUT2D eigenvalue weighted by molar-refractivity contribution is 5.99. The molecule has 7 heteroatoms. The fourth-order valence-electron chi connectivity index (χ4n) is 2.90. The van der Waals surface area contributed by atoms with Crippen molar-refractivity contribution < 1.29 is 23.4 Å². The van der Waals surface area contributed by atoms with Crippen molar-refractivity contribution in [2.75, 3.05) is 36.5 Å². The first kappa shape index (κ1) is 16.1. The second-order valence-electron chi connectivity index (χ2n) is 6.03. The molecule has 3 rings (SSSR count). The summed E-state index contributed by atoms with van der Waals surface area (Å²) in [5.41, 5.74) is -1.21. The fourth-order valence-corrected chi connectivity index (χ4v) is 2.90. The number of halogens is 2. The van der Waals surface area contributed by atoms with Crippen molar-refractivity contribution in [1.82, 2.24) is 0 Å². The topological polar surface area (TPSA) is 61.8 Å². The van der Waals surface area contributed by atoms with E-state index in [-0.39, 0.29) is 12.8 Å². The van der Waals surface area contributed by atoms with Crippen LogP contribution in [0.2, 0.25) is 0 Å². The summed E-state index contributed by atoms with van der Waals surface area (Å²) in [6, 6.07) is 6.83. The zero-order valence-corrected chi connectivity index (χ0v) is 12.7. The lowest BCUT2D eigenvalue weighted by molar-refractivity contribution is -0.212. The Morgan fingerprint density at radius 1 is 1.26 bits per heavy atom. The summed E-state index contributed by atoms with van der Waals surface area (Å²) in [5, 5.41) is 12.2. The molecule has 2 aliphatic rings. The third-order valence-electron chi connectivity index (χ3n) is 4.55. The maximum atomic E-state index is 14.2. The zero-order valence-electron chi connectivity index (χ0n) is 12.7. The third-order valence-corrected chi connectivity index (χ3v) is 4.55. The van der Waals surface area contributed by atoms with Crippen molar-refractivity contribution in [3.63, 3.8) is 0 Å². The van der Waals surface area contributed by atoms with Crippen LogP contribution in [-0.4, -0.2) is 48.8 Å². The van der Waals surface area contributed by atoms with Gasteiger partial charge in [0.2, 0.25) is 0 Å². The normalized spacial score (nSPS) is 20.7. The average molecular weight is 326 g/mol. The first-order valence-electron chi connectivity index (χ1n) is 7.77. The second kappa shape index (κ2) is 6.05. The van der Waals surface area contributed by atoms with Crippen LogP contribution in [0, 0.1) is 0 Å². The summed E-state index contributed by atoms with van der Waals surface area (Å²) in [4.78, 5) is 14.0. The number of nitrogens with zero attached hydrogens (tertiary/aromatic N) is 1. The number of morpholine rings is 1. The molecule has 0 unspecified atom stereocenters. The van der Waals surface area contributed by atoms with E-state index in [9.17, 15) is 18.7 Å². The summed E-state index contributed by atoms with van der Waals surface area (Å²) < 4.78 is 33.7. The van der Waals surface area contributed by atoms with Gasteiger partial charge in [-0.05, 0) is 31.4 Å². The van der Waals surface area contributed by atoms with Crippen molar-refractivity contribution in [1.29, 1.82) is 0 Å². The Kier molecular flexibility index (Phi) is 4.25. The number of rotatable bonds is 4. The van der Waals surface area contributed by atoms with Crippen LogP contribution in [0.25, 0.3) is 0 Å². The Labute approximate surface area is 133 Å². The smallest absolute Gasteiger partial charge is 0.352 e. The minimum absolute atomic E-state index is 0.0570. The minimum atomic E-state index is -3.80. The predicted octanol–water partition coefficient (Wildman–Crippen LogP) is 2.01. The van der Waals surface area contributed by atoms with E-state index in [1.807, 2.05) is 4.90 Å². The van der Waals surface area contributed by atoms with E-state index >= 15 is 0 Å². The Bertz CT molecular complexity index is 584. The molecule has 1 saturated carbocycles. The number of aliphatic hydroxyl groups is 1. The van der Waals surface area contributed by atoms with E-state index in [0.717, 1.165) is 0 Å². The second-order valence-corrected chi connectivity index (χ2v) is 6.03. The minimum Gasteiger partial charge on any atom is -0.383 e. The molecule has 23 heavy (non-hydrogen) atoms. The number of nitrogens with one attached hydrogen (secondary N) is 1. The number of para-hydroxylation sites is 2. The summed E-state index contributed by atoms with van der Waals surface area (Å²) in [6.45, 7) is 2.37. The van der Waals surface area contributed by atoms with Gasteiger partial charge in [-0.2, -0.15) is 8.78 Å². The van der Waals surface area contributed by atoms with Crippen LogP contribution in [0.5, 0.6) is 0 Å². The number of ether oxygens (including phenoxy) is 1. The molecule has 1 aliphatic heterocycles. The molecule has 0 spiro atoms. The van der Waals surface area contributed by atoms with Gasteiger partial charge in [-0.3, -0.25) is 4.79 Å². The molecule has 1 amide bonds. The van der Waals surface area contributed by atoms with Gasteiger partial charge in [0.1, 0.15) is 5.60 Å². The van der Waals surface area contributed by atoms with Gasteiger partial charge in [-0.25, -0.2) is 0 Å². The van der Waals surface area contributed by atoms with Crippen LogP contribution >= 0.6 is 0 Å². The summed E-state index contributed by atoms with van der Waals surface area (Å²) in [7, 11) is 0. The Morgan fingerprint density at radius 3 is 2.52 bits per heavy atom. The summed E-state index contributed by atoms with van der Waals surface area (Å²) in [6.07, 6.45) is 0.390. The van der Waals surface area contributed by atoms with Crippen LogP contribution in [0.4, 0.5) is 20.2 Å². The molecule has 126 valence electrons. The number of amides is 1. The molecule has 0 atom stereocenters. The average Bonchev–Trinajstić information content (AvgIpc) is 2.53. The van der Waals surface area contributed by atoms with Crippen LogP contribution < -0.4 is 10.2 Å². The lowest BCUT2D eigenvalue weighted by atomic mass is 9.75. The van der Waals surface area contributed by atoms with Crippen molar-refractivity contribution >= 4 is 17.3 Å². The van der Waals surface area contributed by atoms with E-state index in [1.54, 1.807) is 24.3 Å². The largest absolute Gasteiger partial charge is 0.383 e. The molecule has 5 nitrogen and oxygen atoms in total. The highest BCUT2D eigenvalue weighted by Gasteiger charge is 2.61. The van der Waals surface area contributed by atoms with Gasteiger partial charge in [0.05, 0.1) is 24.6 Å². The highest BCUT2D eigenvalue weighted by atomic mass is 19.3. The predicted molar refractivity (Wildman–Crippen MR) is 81.9 cm³/mol. The van der Waals surface area contributed by atoms with Crippen LogP contribution in [0.1, 0.15) is 19.3 Å². The lowest BCUT2D eigenvalue weighted by Crippen LogP contribution is -2.59. The Balaban J connectivity index is 1.78. The molecule has 1 aromatic rings. The third kappa shape index (κ3) is 2.90. The molecule has 0 bridgehead atoms. The molecule has 0 aromatic heterocycles. The number of benzene rings is 1. The van der Waals surface area contributed by atoms with Gasteiger partial charge in [0.25, 0.3) is 5.91 Å². The molecule has 2 fully saturated rings. The van der Waals surface area contributed by atoms with Gasteiger partial charge in [-0.15, -0.1) is 0 Å². The van der Waals surface area contributed by atoms with E-state index in [2.05, 4.69) is 5.32 Å². The highest BCUT2D eigenvalue weighted by Crippen LogP contribution is 2.45. The molecule has 1 heterocycles.